The van der Waals surface area contributed by atoms with Crippen LogP contribution in [0.15, 0.2) is 36.5 Å². The predicted molar refractivity (Wildman–Crippen MR) is 162 cm³/mol. The van der Waals surface area contributed by atoms with E-state index in [9.17, 15) is 35.9 Å². The molecule has 0 radical (unpaired) electrons. The van der Waals surface area contributed by atoms with Gasteiger partial charge in [-0.1, -0.05) is 36.4 Å². The summed E-state index contributed by atoms with van der Waals surface area (Å²) in [7, 11) is 0. The summed E-state index contributed by atoms with van der Waals surface area (Å²) in [6.45, 7) is 5.95. The van der Waals surface area contributed by atoms with Gasteiger partial charge in [0, 0.05) is 36.8 Å². The van der Waals surface area contributed by atoms with Crippen LogP contribution in [0.2, 0.25) is 0 Å². The molecule has 1 aromatic heterocycles. The number of likely N-dealkylation sites (tertiary alicyclic amines) is 1. The standard InChI is InChI=1S/C34H36F6N4O4/c1-32(2,3)48-31(46)44-16-14-22(15-17-44)25-9-8-23(28(18-25)47-34(38,39)40)11-13-30-42-20-26(33(35,36)37)27(43-30)12-10-21-6-4-5-7-24(21)19-29(41)45/h4-7,18,20,22H,10-17,19H2,1-3H3,(H2,41,45). The Morgan fingerprint density at radius 1 is 0.958 bits per heavy atom. The number of alkyl halides is 6. The van der Waals surface area contributed by atoms with Gasteiger partial charge in [0.2, 0.25) is 5.91 Å². The van der Waals surface area contributed by atoms with Crippen LogP contribution in [0.3, 0.4) is 0 Å². The smallest absolute Gasteiger partial charge is 0.444 e. The van der Waals surface area contributed by atoms with E-state index < -0.39 is 41.5 Å². The van der Waals surface area contributed by atoms with Gasteiger partial charge in [0.15, 0.2) is 0 Å². The molecule has 8 nitrogen and oxygen atoms in total. The van der Waals surface area contributed by atoms with Crippen LogP contribution in [0.1, 0.15) is 78.9 Å². The van der Waals surface area contributed by atoms with Gasteiger partial charge in [-0.15, -0.1) is 13.2 Å². The first-order valence-electron chi connectivity index (χ1n) is 15.4. The molecule has 48 heavy (non-hydrogen) atoms. The molecule has 1 saturated heterocycles. The number of ether oxygens (including phenoxy) is 2. The number of nitrogens with zero attached hydrogens (tertiary/aromatic N) is 3. The van der Waals surface area contributed by atoms with Gasteiger partial charge < -0.3 is 20.1 Å². The predicted octanol–water partition coefficient (Wildman–Crippen LogP) is 6.71. The Bertz CT molecular complexity index is 1600. The number of rotatable bonds is 10. The van der Waals surface area contributed by atoms with Gasteiger partial charge in [0.05, 0.1) is 17.7 Å². The van der Waals surface area contributed by atoms with Gasteiger partial charge >= 0.3 is 18.6 Å². The molecule has 1 fully saturated rings. The molecule has 0 atom stereocenters. The molecular weight excluding hydrogens is 642 g/mol. The lowest BCUT2D eigenvalue weighted by Crippen LogP contribution is -2.41. The largest absolute Gasteiger partial charge is 0.573 e. The van der Waals surface area contributed by atoms with Crippen LogP contribution in [0.25, 0.3) is 0 Å². The highest BCUT2D eigenvalue weighted by atomic mass is 19.4. The van der Waals surface area contributed by atoms with E-state index in [0.29, 0.717) is 48.8 Å². The first kappa shape index (κ1) is 36.3. The number of primary amides is 1. The summed E-state index contributed by atoms with van der Waals surface area (Å²) >= 11 is 0. The molecule has 0 bridgehead atoms. The second-order valence-electron chi connectivity index (χ2n) is 12.5. The first-order chi connectivity index (χ1) is 22.4. The Hall–Kier alpha value is -4.54. The normalized spacial score (nSPS) is 14.4. The van der Waals surface area contributed by atoms with Crippen molar-refractivity contribution in [3.8, 4) is 5.75 Å². The number of nitrogens with two attached hydrogens (primary N) is 1. The molecule has 3 aromatic rings. The quantitative estimate of drug-likeness (QED) is 0.239. The van der Waals surface area contributed by atoms with Crippen molar-refractivity contribution in [1.82, 2.24) is 14.9 Å². The van der Waals surface area contributed by atoms with Crippen LogP contribution in [-0.2, 0) is 47.8 Å². The average molecular weight is 679 g/mol. The average Bonchev–Trinajstić information content (AvgIpc) is 2.97. The number of carbonyl (C=O) groups is 2. The highest BCUT2D eigenvalue weighted by molar-refractivity contribution is 5.77. The maximum atomic E-state index is 13.8. The van der Waals surface area contributed by atoms with Crippen LogP contribution in [-0.4, -0.2) is 51.9 Å². The summed E-state index contributed by atoms with van der Waals surface area (Å²) in [5, 5.41) is 0. The fourth-order valence-corrected chi connectivity index (χ4v) is 5.45. The molecule has 2 amide bonds. The van der Waals surface area contributed by atoms with Crippen LogP contribution >= 0.6 is 0 Å². The lowest BCUT2D eigenvalue weighted by atomic mass is 9.89. The number of aromatic nitrogens is 2. The monoisotopic (exact) mass is 678 g/mol. The van der Waals surface area contributed by atoms with E-state index >= 15 is 0 Å². The van der Waals surface area contributed by atoms with Crippen molar-refractivity contribution in [1.29, 1.82) is 0 Å². The van der Waals surface area contributed by atoms with Crippen LogP contribution in [0.4, 0.5) is 31.1 Å². The number of aryl methyl sites for hydroxylation is 3. The molecule has 1 aliphatic heterocycles. The first-order valence-corrected chi connectivity index (χ1v) is 15.4. The van der Waals surface area contributed by atoms with Gasteiger partial charge in [0.1, 0.15) is 17.2 Å². The highest BCUT2D eigenvalue weighted by Gasteiger charge is 2.36. The Morgan fingerprint density at radius 2 is 1.62 bits per heavy atom. The fraction of sp³-hybridized carbons (Fsp3) is 0.471. The van der Waals surface area contributed by atoms with Crippen LogP contribution < -0.4 is 10.5 Å². The Balaban J connectivity index is 1.50. The summed E-state index contributed by atoms with van der Waals surface area (Å²) in [6, 6.07) is 13.7. The van der Waals surface area contributed by atoms with Crippen molar-refractivity contribution in [2.45, 2.75) is 89.8 Å². The molecule has 0 unspecified atom stereocenters. The molecule has 0 spiro atoms. The van der Waals surface area contributed by atoms with Gasteiger partial charge in [-0.3, -0.25) is 4.79 Å². The third kappa shape index (κ3) is 10.5. The number of piperidine rings is 1. The van der Waals surface area contributed by atoms with E-state index in [-0.39, 0.29) is 55.1 Å². The van der Waals surface area contributed by atoms with Crippen LogP contribution in [0, 0.1) is 12.1 Å². The zero-order chi connectivity index (χ0) is 35.3. The molecule has 0 aliphatic carbocycles. The van der Waals surface area contributed by atoms with E-state index in [2.05, 4.69) is 26.8 Å². The van der Waals surface area contributed by atoms with Crippen LogP contribution in [0.5, 0.6) is 5.75 Å². The van der Waals surface area contributed by atoms with Gasteiger partial charge in [-0.05, 0) is 76.0 Å². The topological polar surface area (TPSA) is 108 Å². The van der Waals surface area contributed by atoms with Crippen molar-refractivity contribution >= 4 is 12.0 Å². The van der Waals surface area contributed by atoms with Crippen molar-refractivity contribution < 1.29 is 45.4 Å². The highest BCUT2D eigenvalue weighted by Crippen LogP contribution is 2.34. The van der Waals surface area contributed by atoms with Crippen molar-refractivity contribution in [3.63, 3.8) is 0 Å². The fourth-order valence-electron chi connectivity index (χ4n) is 5.45. The number of benzene rings is 1. The molecule has 2 N–H and O–H groups in total. The minimum Gasteiger partial charge on any atom is -0.444 e. The van der Waals surface area contributed by atoms with Crippen molar-refractivity contribution in [2.75, 3.05) is 13.1 Å². The number of halogens is 6. The van der Waals surface area contributed by atoms with E-state index in [1.54, 1.807) is 49.9 Å². The van der Waals surface area contributed by atoms with E-state index in [0.717, 1.165) is 0 Å². The minimum absolute atomic E-state index is 0.00614. The maximum absolute atomic E-state index is 13.8. The number of hydrogen-bond donors (Lipinski definition) is 1. The Labute approximate surface area is 274 Å². The number of amides is 2. The number of hydrogen-bond acceptors (Lipinski definition) is 6. The SMILES string of the molecule is CC(C)(C)OC(=O)N1CCC(c2c#cc(CCc3ncc(C(F)(F)F)c(CCc4ccccc4CC(N)=O)n3)c(OC(F)(F)F)c2)CC1. The Morgan fingerprint density at radius 3 is 2.23 bits per heavy atom. The zero-order valence-corrected chi connectivity index (χ0v) is 26.7. The summed E-state index contributed by atoms with van der Waals surface area (Å²) in [4.78, 5) is 33.4. The number of carbonyl (C=O) groups excluding carboxylic acids is 2. The second kappa shape index (κ2) is 14.7. The molecule has 2 aromatic carbocycles. The van der Waals surface area contributed by atoms with E-state index in [1.165, 1.54) is 6.07 Å². The van der Waals surface area contributed by atoms with Crippen molar-refractivity contribution in [2.24, 2.45) is 5.73 Å². The molecule has 0 saturated carbocycles. The molecule has 258 valence electrons. The third-order valence-corrected chi connectivity index (χ3v) is 7.69. The lowest BCUT2D eigenvalue weighted by molar-refractivity contribution is -0.274. The van der Waals surface area contributed by atoms with E-state index in [4.69, 9.17) is 10.5 Å². The van der Waals surface area contributed by atoms with Gasteiger partial charge in [0.25, 0.3) is 0 Å². The summed E-state index contributed by atoms with van der Waals surface area (Å²) in [6.07, 6.45) is -8.92. The maximum Gasteiger partial charge on any atom is 0.573 e. The third-order valence-electron chi connectivity index (χ3n) is 7.69. The summed E-state index contributed by atoms with van der Waals surface area (Å²) in [5.41, 5.74) is 5.01. The summed E-state index contributed by atoms with van der Waals surface area (Å²) < 4.78 is 91.4. The molecule has 1 aliphatic rings. The van der Waals surface area contributed by atoms with Crippen molar-refractivity contribution in [3.05, 3.63) is 88.0 Å². The summed E-state index contributed by atoms with van der Waals surface area (Å²) in [5.74, 6) is -1.29. The molecule has 14 heteroatoms. The minimum atomic E-state index is -5.01. The molecular formula is C34H36F6N4O4. The van der Waals surface area contributed by atoms with E-state index in [1.807, 2.05) is 0 Å². The van der Waals surface area contributed by atoms with Gasteiger partial charge in [-0.2, -0.15) is 13.2 Å². The lowest BCUT2D eigenvalue weighted by Gasteiger charge is -2.33. The molecule has 2 heterocycles. The Kier molecular flexibility index (Phi) is 11.1. The van der Waals surface area contributed by atoms with Gasteiger partial charge in [-0.25, -0.2) is 14.8 Å². The molecule has 4 rings (SSSR count). The second-order valence-corrected chi connectivity index (χ2v) is 12.5. The zero-order valence-electron chi connectivity index (χ0n) is 26.7.